The van der Waals surface area contributed by atoms with Crippen LogP contribution in [0.1, 0.15) is 26.6 Å². The van der Waals surface area contributed by atoms with E-state index in [2.05, 4.69) is 9.97 Å². The third kappa shape index (κ3) is 2.75. The minimum absolute atomic E-state index is 0.0806. The van der Waals surface area contributed by atoms with E-state index in [1.165, 1.54) is 12.1 Å². The van der Waals surface area contributed by atoms with E-state index in [9.17, 15) is 13.2 Å². The quantitative estimate of drug-likeness (QED) is 0.619. The smallest absolute Gasteiger partial charge is 0.195 e. The van der Waals surface area contributed by atoms with Gasteiger partial charge >= 0.3 is 0 Å². The number of nitrogens with zero attached hydrogens (tertiary/aromatic N) is 1. The molecule has 0 aliphatic heterocycles. The zero-order valence-corrected chi connectivity index (χ0v) is 12.0. The van der Waals surface area contributed by atoms with E-state index < -0.39 is 17.5 Å². The molecule has 1 aromatic heterocycles. The monoisotopic (exact) mass is 298 g/mol. The van der Waals surface area contributed by atoms with E-state index in [1.54, 1.807) is 0 Å². The molecule has 0 saturated carbocycles. The van der Waals surface area contributed by atoms with Crippen molar-refractivity contribution in [1.82, 2.24) is 9.97 Å². The van der Waals surface area contributed by atoms with Crippen molar-refractivity contribution < 1.29 is 13.2 Å². The number of aromatic nitrogens is 2. The first kappa shape index (κ1) is 14.7. The summed E-state index contributed by atoms with van der Waals surface area (Å²) in [5, 5.41) is 0. The third-order valence-electron chi connectivity index (χ3n) is 2.78. The van der Waals surface area contributed by atoms with E-state index in [1.807, 2.05) is 20.8 Å². The fourth-order valence-electron chi connectivity index (χ4n) is 1.69. The maximum atomic E-state index is 13.8. The van der Waals surface area contributed by atoms with E-state index >= 15 is 0 Å². The van der Waals surface area contributed by atoms with Crippen molar-refractivity contribution in [1.29, 1.82) is 0 Å². The predicted octanol–water partition coefficient (Wildman–Crippen LogP) is 4.52. The average Bonchev–Trinajstić information content (AvgIpc) is 2.34. The Kier molecular flexibility index (Phi) is 3.69. The molecular weight excluding hydrogens is 285 g/mol. The second kappa shape index (κ2) is 5.01. The van der Waals surface area contributed by atoms with Gasteiger partial charge in [-0.2, -0.15) is 0 Å². The molecule has 0 saturated heterocycles. The molecule has 2 nitrogen and oxygen atoms in total. The zero-order valence-electron chi connectivity index (χ0n) is 11.2. The summed E-state index contributed by atoms with van der Waals surface area (Å²) < 4.78 is 40.3. The molecular formula is C14H13F3N2S. The molecule has 1 aromatic carbocycles. The second-order valence-corrected chi connectivity index (χ2v) is 5.87. The van der Waals surface area contributed by atoms with E-state index in [-0.39, 0.29) is 21.3 Å². The molecule has 2 aromatic rings. The van der Waals surface area contributed by atoms with Crippen molar-refractivity contribution in [3.63, 3.8) is 0 Å². The number of aromatic amines is 1. The van der Waals surface area contributed by atoms with Crippen LogP contribution in [0.3, 0.4) is 0 Å². The highest BCUT2D eigenvalue weighted by Gasteiger charge is 2.20. The highest BCUT2D eigenvalue weighted by atomic mass is 32.1. The van der Waals surface area contributed by atoms with Crippen molar-refractivity contribution in [2.45, 2.75) is 26.2 Å². The summed E-state index contributed by atoms with van der Waals surface area (Å²) in [5.41, 5.74) is -0.146. The van der Waals surface area contributed by atoms with Crippen LogP contribution >= 0.6 is 12.2 Å². The van der Waals surface area contributed by atoms with Crippen LogP contribution in [0.15, 0.2) is 18.2 Å². The molecule has 0 radical (unpaired) electrons. The highest BCUT2D eigenvalue weighted by molar-refractivity contribution is 7.71. The van der Waals surface area contributed by atoms with E-state index in [4.69, 9.17) is 12.2 Å². The third-order valence-corrected chi connectivity index (χ3v) is 2.99. The first-order valence-electron chi connectivity index (χ1n) is 5.96. The fraction of sp³-hybridized carbons (Fsp3) is 0.286. The zero-order chi connectivity index (χ0) is 15.1. The lowest BCUT2D eigenvalue weighted by Crippen LogP contribution is -2.16. The molecule has 0 spiro atoms. The Morgan fingerprint density at radius 2 is 1.75 bits per heavy atom. The number of halogens is 3. The summed E-state index contributed by atoms with van der Waals surface area (Å²) in [5.74, 6) is -3.43. The van der Waals surface area contributed by atoms with Gasteiger partial charge in [0.2, 0.25) is 0 Å². The van der Waals surface area contributed by atoms with Gasteiger partial charge in [-0.3, -0.25) is 0 Å². The van der Waals surface area contributed by atoms with Crippen LogP contribution in [0.2, 0.25) is 0 Å². The van der Waals surface area contributed by atoms with Crippen LogP contribution in [0, 0.1) is 22.1 Å². The molecule has 106 valence electrons. The van der Waals surface area contributed by atoms with Gasteiger partial charge in [-0.05, 0) is 18.2 Å². The second-order valence-electron chi connectivity index (χ2n) is 5.45. The Labute approximate surface area is 119 Å². The number of hydrogen-bond donors (Lipinski definition) is 1. The Morgan fingerprint density at radius 1 is 1.10 bits per heavy atom. The minimum Gasteiger partial charge on any atom is -0.343 e. The summed E-state index contributed by atoms with van der Waals surface area (Å²) in [4.78, 5) is 7.09. The maximum Gasteiger partial charge on any atom is 0.195 e. The van der Waals surface area contributed by atoms with Gasteiger partial charge < -0.3 is 4.98 Å². The molecule has 0 aliphatic rings. The minimum atomic E-state index is -1.50. The number of nitrogens with one attached hydrogen (secondary N) is 1. The summed E-state index contributed by atoms with van der Waals surface area (Å²) in [6, 6.07) is 3.46. The molecule has 0 aliphatic carbocycles. The molecule has 20 heavy (non-hydrogen) atoms. The van der Waals surface area contributed by atoms with E-state index in [0.29, 0.717) is 5.82 Å². The summed E-state index contributed by atoms with van der Waals surface area (Å²) in [6.07, 6.45) is 0. The van der Waals surface area contributed by atoms with Gasteiger partial charge in [-0.25, -0.2) is 18.2 Å². The highest BCUT2D eigenvalue weighted by Crippen LogP contribution is 2.26. The molecule has 0 fully saturated rings. The first-order chi connectivity index (χ1) is 9.20. The lowest BCUT2D eigenvalue weighted by atomic mass is 9.95. The first-order valence-corrected chi connectivity index (χ1v) is 6.36. The Hall–Kier alpha value is -1.69. The number of benzene rings is 1. The Morgan fingerprint density at radius 3 is 2.35 bits per heavy atom. The van der Waals surface area contributed by atoms with Crippen LogP contribution in [0.25, 0.3) is 11.3 Å². The molecule has 2 rings (SSSR count). The topological polar surface area (TPSA) is 28.7 Å². The molecule has 0 bridgehead atoms. The normalized spacial score (nSPS) is 11.7. The fourth-order valence-corrected chi connectivity index (χ4v) is 1.90. The van der Waals surface area contributed by atoms with Crippen LogP contribution in [-0.2, 0) is 5.41 Å². The van der Waals surface area contributed by atoms with Crippen LogP contribution in [0.4, 0.5) is 13.2 Å². The number of rotatable bonds is 1. The van der Waals surface area contributed by atoms with Crippen molar-refractivity contribution >= 4 is 12.2 Å². The van der Waals surface area contributed by atoms with Crippen molar-refractivity contribution in [2.24, 2.45) is 0 Å². The van der Waals surface area contributed by atoms with Crippen molar-refractivity contribution in [3.8, 4) is 11.3 Å². The predicted molar refractivity (Wildman–Crippen MR) is 73.4 cm³/mol. The van der Waals surface area contributed by atoms with Crippen molar-refractivity contribution in [3.05, 3.63) is 46.1 Å². The van der Waals surface area contributed by atoms with Crippen LogP contribution in [0.5, 0.6) is 0 Å². The molecule has 6 heteroatoms. The molecule has 0 atom stereocenters. The molecule has 1 N–H and O–H groups in total. The Balaban J connectivity index is 2.68. The maximum absolute atomic E-state index is 13.8. The molecule has 0 unspecified atom stereocenters. The van der Waals surface area contributed by atoms with Gasteiger partial charge in [0.25, 0.3) is 0 Å². The van der Waals surface area contributed by atoms with E-state index in [0.717, 1.165) is 6.07 Å². The number of hydrogen-bond acceptors (Lipinski definition) is 2. The summed E-state index contributed by atoms with van der Waals surface area (Å²) in [7, 11) is 0. The lowest BCUT2D eigenvalue weighted by molar-refractivity contribution is 0.448. The van der Waals surface area contributed by atoms with Crippen LogP contribution in [-0.4, -0.2) is 9.97 Å². The largest absolute Gasteiger partial charge is 0.343 e. The lowest BCUT2D eigenvalue weighted by Gasteiger charge is -2.18. The molecule has 0 amide bonds. The number of H-pyrrole nitrogens is 1. The summed E-state index contributed by atoms with van der Waals surface area (Å²) in [6.45, 7) is 5.73. The van der Waals surface area contributed by atoms with Crippen molar-refractivity contribution in [2.75, 3.05) is 0 Å². The van der Waals surface area contributed by atoms with Gasteiger partial charge in [-0.15, -0.1) is 0 Å². The van der Waals surface area contributed by atoms with Gasteiger partial charge in [0.05, 0.1) is 5.69 Å². The standard InChI is InChI=1S/C14H13F3N2S/c1-14(2,3)13-18-9(6-10(20)19-13)7-4-5-8(15)12(17)11(7)16/h4-6H,1-3H3,(H,18,19,20). The van der Waals surface area contributed by atoms with Gasteiger partial charge in [0, 0.05) is 11.0 Å². The van der Waals surface area contributed by atoms with Gasteiger partial charge in [0.15, 0.2) is 17.5 Å². The van der Waals surface area contributed by atoms with Gasteiger partial charge in [0.1, 0.15) is 10.5 Å². The average molecular weight is 298 g/mol. The SMILES string of the molecule is CC(C)(C)c1nc(=S)cc(-c2ccc(F)c(F)c2F)[nH]1. The Bertz CT molecular complexity index is 717. The molecule has 1 heterocycles. The summed E-state index contributed by atoms with van der Waals surface area (Å²) >= 11 is 5.04. The van der Waals surface area contributed by atoms with Crippen LogP contribution < -0.4 is 0 Å². The van der Waals surface area contributed by atoms with Gasteiger partial charge in [-0.1, -0.05) is 33.0 Å².